The number of hydrogen-bond acceptors (Lipinski definition) is 6. The van der Waals surface area contributed by atoms with Crippen LogP contribution in [0, 0.1) is 7.14 Å². The molecule has 5 rings (SSSR count). The van der Waals surface area contributed by atoms with Crippen molar-refractivity contribution in [3.8, 4) is 11.5 Å². The molecule has 36 heavy (non-hydrogen) atoms. The highest BCUT2D eigenvalue weighted by molar-refractivity contribution is 14.1. The molecule has 0 aromatic heterocycles. The predicted octanol–water partition coefficient (Wildman–Crippen LogP) is 4.25. The Balaban J connectivity index is 1.16. The lowest BCUT2D eigenvalue weighted by atomic mass is 10.1. The van der Waals surface area contributed by atoms with Crippen molar-refractivity contribution in [2.75, 3.05) is 26.3 Å². The van der Waals surface area contributed by atoms with E-state index in [1.807, 2.05) is 12.1 Å². The number of nitrogens with zero attached hydrogens (tertiary/aromatic N) is 2. The van der Waals surface area contributed by atoms with Crippen LogP contribution in [0.25, 0.3) is 0 Å². The van der Waals surface area contributed by atoms with Crippen LogP contribution in [0.4, 0.5) is 0 Å². The Morgan fingerprint density at radius 1 is 0.556 bits per heavy atom. The molecule has 3 aromatic carbocycles. The quantitative estimate of drug-likeness (QED) is 0.257. The summed E-state index contributed by atoms with van der Waals surface area (Å²) < 4.78 is 13.3. The van der Waals surface area contributed by atoms with Gasteiger partial charge in [-0.3, -0.25) is 29.0 Å². The minimum atomic E-state index is -0.315. The van der Waals surface area contributed by atoms with E-state index in [1.54, 1.807) is 48.5 Å². The van der Waals surface area contributed by atoms with Gasteiger partial charge in [0.05, 0.1) is 42.5 Å². The van der Waals surface area contributed by atoms with E-state index in [4.69, 9.17) is 9.47 Å². The van der Waals surface area contributed by atoms with E-state index >= 15 is 0 Å². The van der Waals surface area contributed by atoms with Crippen molar-refractivity contribution in [1.82, 2.24) is 9.80 Å². The Morgan fingerprint density at radius 3 is 1.17 bits per heavy atom. The molecule has 8 nitrogen and oxygen atoms in total. The standard InChI is InChI=1S/C26H18I2N2O6/c27-19-14-22(36-12-10-30-25(33)17-7-3-4-8-18(17)26(30)34)20(28)13-21(19)35-11-9-29-23(31)15-5-1-2-6-16(15)24(29)32/h1-8,13-14H,9-12H2. The summed E-state index contributed by atoms with van der Waals surface area (Å²) in [7, 11) is 0. The highest BCUT2D eigenvalue weighted by Crippen LogP contribution is 2.32. The predicted molar refractivity (Wildman–Crippen MR) is 146 cm³/mol. The maximum atomic E-state index is 12.5. The third-order valence-corrected chi connectivity index (χ3v) is 7.57. The average molecular weight is 708 g/mol. The van der Waals surface area contributed by atoms with Gasteiger partial charge >= 0.3 is 0 Å². The van der Waals surface area contributed by atoms with Gasteiger partial charge in [0.1, 0.15) is 24.7 Å². The van der Waals surface area contributed by atoms with Crippen LogP contribution in [-0.4, -0.2) is 59.7 Å². The number of carbonyl (C=O) groups is 4. The minimum absolute atomic E-state index is 0.136. The topological polar surface area (TPSA) is 93.2 Å². The van der Waals surface area contributed by atoms with Gasteiger partial charge in [0.2, 0.25) is 0 Å². The van der Waals surface area contributed by atoms with Crippen molar-refractivity contribution in [3.63, 3.8) is 0 Å². The number of carbonyl (C=O) groups excluding carboxylic acids is 4. The van der Waals surface area contributed by atoms with E-state index in [0.717, 1.165) is 7.14 Å². The van der Waals surface area contributed by atoms with E-state index in [0.29, 0.717) is 33.8 Å². The number of hydrogen-bond donors (Lipinski definition) is 0. The van der Waals surface area contributed by atoms with Gasteiger partial charge in [-0.25, -0.2) is 0 Å². The van der Waals surface area contributed by atoms with Crippen molar-refractivity contribution < 1.29 is 28.7 Å². The zero-order valence-electron chi connectivity index (χ0n) is 18.7. The number of imide groups is 2. The molecule has 0 atom stereocenters. The van der Waals surface area contributed by atoms with E-state index < -0.39 is 0 Å². The van der Waals surface area contributed by atoms with E-state index in [2.05, 4.69) is 45.2 Å². The van der Waals surface area contributed by atoms with Crippen LogP contribution in [0.3, 0.4) is 0 Å². The summed E-state index contributed by atoms with van der Waals surface area (Å²) in [5.74, 6) is -0.0558. The van der Waals surface area contributed by atoms with Crippen molar-refractivity contribution in [2.24, 2.45) is 0 Å². The van der Waals surface area contributed by atoms with Gasteiger partial charge in [0.15, 0.2) is 0 Å². The van der Waals surface area contributed by atoms with Crippen molar-refractivity contribution in [1.29, 1.82) is 0 Å². The van der Waals surface area contributed by atoms with Crippen molar-refractivity contribution in [2.45, 2.75) is 0 Å². The summed E-state index contributed by atoms with van der Waals surface area (Å²) >= 11 is 4.24. The molecule has 0 saturated carbocycles. The molecule has 0 radical (unpaired) electrons. The highest BCUT2D eigenvalue weighted by atomic mass is 127. The Labute approximate surface area is 233 Å². The molecule has 4 amide bonds. The largest absolute Gasteiger partial charge is 0.491 e. The minimum Gasteiger partial charge on any atom is -0.491 e. The third-order valence-electron chi connectivity index (χ3n) is 5.89. The molecule has 0 N–H and O–H groups in total. The zero-order valence-corrected chi connectivity index (χ0v) is 23.0. The Hall–Kier alpha value is -3.00. The Morgan fingerprint density at radius 2 is 0.861 bits per heavy atom. The van der Waals surface area contributed by atoms with Crippen LogP contribution in [0.2, 0.25) is 0 Å². The molecule has 2 aliphatic rings. The molecular weight excluding hydrogens is 690 g/mol. The summed E-state index contributed by atoms with van der Waals surface area (Å²) in [6, 6.07) is 17.1. The van der Waals surface area contributed by atoms with Crippen LogP contribution in [0.1, 0.15) is 41.4 Å². The third kappa shape index (κ3) is 4.47. The van der Waals surface area contributed by atoms with E-state index in [9.17, 15) is 19.2 Å². The van der Waals surface area contributed by atoms with Crippen molar-refractivity contribution >= 4 is 68.8 Å². The molecule has 0 spiro atoms. The summed E-state index contributed by atoms with van der Waals surface area (Å²) in [6.45, 7) is 0.573. The van der Waals surface area contributed by atoms with Crippen LogP contribution in [0.5, 0.6) is 11.5 Å². The molecule has 0 fully saturated rings. The molecule has 0 saturated heterocycles. The van der Waals surface area contributed by atoms with Gasteiger partial charge < -0.3 is 9.47 Å². The fourth-order valence-corrected chi connectivity index (χ4v) is 5.30. The van der Waals surface area contributed by atoms with Gasteiger partial charge in [-0.05, 0) is 81.6 Å². The summed E-state index contributed by atoms with van der Waals surface area (Å²) in [6.07, 6.45) is 0. The highest BCUT2D eigenvalue weighted by Gasteiger charge is 2.35. The maximum absolute atomic E-state index is 12.5. The number of fused-ring (bicyclic) bond motifs is 2. The van der Waals surface area contributed by atoms with Crippen LogP contribution >= 0.6 is 45.2 Å². The second-order valence-corrected chi connectivity index (χ2v) is 10.3. The molecule has 182 valence electrons. The van der Waals surface area contributed by atoms with Crippen LogP contribution in [-0.2, 0) is 0 Å². The second kappa shape index (κ2) is 10.2. The van der Waals surface area contributed by atoms with Crippen LogP contribution in [0.15, 0.2) is 60.7 Å². The normalized spacial score (nSPS) is 14.4. The Bertz CT molecular complexity index is 1250. The first-order valence-electron chi connectivity index (χ1n) is 11.0. The molecule has 10 heteroatoms. The second-order valence-electron chi connectivity index (χ2n) is 8.03. The molecule has 0 unspecified atom stereocenters. The summed E-state index contributed by atoms with van der Waals surface area (Å²) in [5, 5.41) is 0. The van der Waals surface area contributed by atoms with Gasteiger partial charge in [-0.2, -0.15) is 0 Å². The first kappa shape index (κ1) is 24.7. The molecule has 3 aromatic rings. The van der Waals surface area contributed by atoms with E-state index in [-0.39, 0.29) is 49.9 Å². The number of halogens is 2. The van der Waals surface area contributed by atoms with Crippen molar-refractivity contribution in [3.05, 3.63) is 90.1 Å². The van der Waals surface area contributed by atoms with Gasteiger partial charge in [0.25, 0.3) is 23.6 Å². The zero-order chi connectivity index (χ0) is 25.4. The van der Waals surface area contributed by atoms with Gasteiger partial charge in [0, 0.05) is 0 Å². The lowest BCUT2D eigenvalue weighted by Crippen LogP contribution is -2.33. The summed E-state index contributed by atoms with van der Waals surface area (Å²) in [4.78, 5) is 52.4. The van der Waals surface area contributed by atoms with Crippen LogP contribution < -0.4 is 9.47 Å². The molecular formula is C26H18I2N2O6. The van der Waals surface area contributed by atoms with E-state index in [1.165, 1.54) is 9.80 Å². The lowest BCUT2D eigenvalue weighted by molar-refractivity contribution is 0.0616. The molecule has 0 aliphatic carbocycles. The lowest BCUT2D eigenvalue weighted by Gasteiger charge is -2.17. The monoisotopic (exact) mass is 708 g/mol. The fraction of sp³-hybridized carbons (Fsp3) is 0.154. The first-order valence-corrected chi connectivity index (χ1v) is 13.2. The molecule has 0 bridgehead atoms. The number of benzene rings is 3. The SMILES string of the molecule is O=C1c2ccccc2C(=O)N1CCOc1cc(I)c(OCCN2C(=O)c3ccccc3C2=O)cc1I. The molecule has 2 aliphatic heterocycles. The summed E-state index contributed by atoms with van der Waals surface area (Å²) in [5.41, 5.74) is 1.65. The van der Waals surface area contributed by atoms with Gasteiger partial charge in [-0.15, -0.1) is 0 Å². The van der Waals surface area contributed by atoms with Gasteiger partial charge in [-0.1, -0.05) is 24.3 Å². The number of amides is 4. The molecule has 2 heterocycles. The first-order chi connectivity index (χ1) is 17.4. The fourth-order valence-electron chi connectivity index (χ4n) is 4.11. The number of ether oxygens (including phenoxy) is 2. The smallest absolute Gasteiger partial charge is 0.261 e. The Kier molecular flexibility index (Phi) is 6.97. The maximum Gasteiger partial charge on any atom is 0.261 e. The average Bonchev–Trinajstić information content (AvgIpc) is 3.27. The number of rotatable bonds is 8.